The lowest BCUT2D eigenvalue weighted by Gasteiger charge is -2.25. The molecular formula is C17H20N4O3. The van der Waals surface area contributed by atoms with Gasteiger partial charge < -0.3 is 10.4 Å². The number of hydrogen-bond donors (Lipinski definition) is 2. The van der Waals surface area contributed by atoms with E-state index in [1.165, 1.54) is 0 Å². The third kappa shape index (κ3) is 3.45. The molecule has 2 atom stereocenters. The zero-order chi connectivity index (χ0) is 17.1. The number of carboxylic acids is 1. The van der Waals surface area contributed by atoms with Crippen LogP contribution in [-0.4, -0.2) is 31.7 Å². The Balaban J connectivity index is 1.71. The molecule has 1 heterocycles. The highest BCUT2D eigenvalue weighted by molar-refractivity contribution is 5.93. The van der Waals surface area contributed by atoms with Gasteiger partial charge in [-0.3, -0.25) is 14.2 Å². The molecule has 7 nitrogen and oxygen atoms in total. The summed E-state index contributed by atoms with van der Waals surface area (Å²) in [6.07, 6.45) is 4.19. The second-order valence-corrected chi connectivity index (χ2v) is 6.19. The fourth-order valence-corrected chi connectivity index (χ4v) is 3.18. The first-order valence-corrected chi connectivity index (χ1v) is 8.05. The number of carboxylic acid groups (broad SMARTS) is 1. The third-order valence-electron chi connectivity index (χ3n) is 4.50. The number of aliphatic carboxylic acids is 1. The van der Waals surface area contributed by atoms with E-state index in [4.69, 9.17) is 5.11 Å². The average Bonchev–Trinajstić information content (AvgIpc) is 3.01. The van der Waals surface area contributed by atoms with Crippen LogP contribution in [0.5, 0.6) is 0 Å². The highest BCUT2D eigenvalue weighted by Gasteiger charge is 2.31. The maximum absolute atomic E-state index is 12.5. The Bertz CT molecular complexity index is 756. The van der Waals surface area contributed by atoms with Crippen LogP contribution in [0.3, 0.4) is 0 Å². The summed E-state index contributed by atoms with van der Waals surface area (Å²) >= 11 is 0. The number of hydrogen-bond acceptors (Lipinski definition) is 4. The number of nitrogens with zero attached hydrogens (tertiary/aromatic N) is 3. The largest absolute Gasteiger partial charge is 0.481 e. The van der Waals surface area contributed by atoms with Crippen LogP contribution in [0.25, 0.3) is 5.69 Å². The van der Waals surface area contributed by atoms with Crippen LogP contribution >= 0.6 is 0 Å². The molecule has 1 aromatic heterocycles. The molecule has 126 valence electrons. The topological polar surface area (TPSA) is 97.1 Å². The fraction of sp³-hybridized carbons (Fsp3) is 0.412. The summed E-state index contributed by atoms with van der Waals surface area (Å²) in [6.45, 7) is 1.85. The number of carbonyl (C=O) groups excluding carboxylic acids is 1. The summed E-state index contributed by atoms with van der Waals surface area (Å²) in [5.74, 6) is -0.827. The molecule has 1 aromatic carbocycles. The van der Waals surface area contributed by atoms with Crippen LogP contribution in [0.4, 0.5) is 5.69 Å². The van der Waals surface area contributed by atoms with Gasteiger partial charge in [-0.2, -0.15) is 0 Å². The summed E-state index contributed by atoms with van der Waals surface area (Å²) in [6, 6.07) is 7.43. The van der Waals surface area contributed by atoms with Crippen molar-refractivity contribution in [2.45, 2.75) is 32.6 Å². The minimum absolute atomic E-state index is 0.112. The van der Waals surface area contributed by atoms with E-state index in [0.717, 1.165) is 24.4 Å². The molecule has 0 spiro atoms. The standard InChI is InChI=1S/C17H20N4O3/c1-11-20-18-10-21(11)15-7-3-6-14(9-15)19-16(22)12-4-2-5-13(8-12)17(23)24/h3,6-7,9-10,12-13H,2,4-5,8H2,1H3,(H,19,22)(H,23,24). The Morgan fingerprint density at radius 2 is 2.08 bits per heavy atom. The highest BCUT2D eigenvalue weighted by atomic mass is 16.4. The molecule has 2 unspecified atom stereocenters. The van der Waals surface area contributed by atoms with Crippen molar-refractivity contribution in [2.75, 3.05) is 5.32 Å². The Morgan fingerprint density at radius 1 is 1.29 bits per heavy atom. The summed E-state index contributed by atoms with van der Waals surface area (Å²) in [4.78, 5) is 23.6. The van der Waals surface area contributed by atoms with Crippen molar-refractivity contribution in [1.29, 1.82) is 0 Å². The number of aromatic nitrogens is 3. The second-order valence-electron chi connectivity index (χ2n) is 6.19. The number of benzene rings is 1. The van der Waals surface area contributed by atoms with Gasteiger partial charge in [0.2, 0.25) is 5.91 Å². The van der Waals surface area contributed by atoms with E-state index in [9.17, 15) is 9.59 Å². The van der Waals surface area contributed by atoms with Crippen LogP contribution in [0.15, 0.2) is 30.6 Å². The zero-order valence-electron chi connectivity index (χ0n) is 13.5. The predicted molar refractivity (Wildman–Crippen MR) is 87.8 cm³/mol. The van der Waals surface area contributed by atoms with Crippen molar-refractivity contribution < 1.29 is 14.7 Å². The first-order valence-electron chi connectivity index (χ1n) is 8.05. The maximum Gasteiger partial charge on any atom is 0.306 e. The van der Waals surface area contributed by atoms with Gasteiger partial charge in [0.1, 0.15) is 12.2 Å². The monoisotopic (exact) mass is 328 g/mol. The fourth-order valence-electron chi connectivity index (χ4n) is 3.18. The molecule has 1 fully saturated rings. The SMILES string of the molecule is Cc1nncn1-c1cccc(NC(=O)C2CCCC(C(=O)O)C2)c1. The summed E-state index contributed by atoms with van der Waals surface area (Å²) in [5, 5.41) is 19.9. The van der Waals surface area contributed by atoms with Gasteiger partial charge >= 0.3 is 5.97 Å². The van der Waals surface area contributed by atoms with E-state index in [1.54, 1.807) is 6.33 Å². The smallest absolute Gasteiger partial charge is 0.306 e. The molecular weight excluding hydrogens is 308 g/mol. The van der Waals surface area contributed by atoms with E-state index >= 15 is 0 Å². The molecule has 1 aliphatic carbocycles. The molecule has 2 aromatic rings. The minimum atomic E-state index is -0.808. The van der Waals surface area contributed by atoms with Crippen molar-refractivity contribution in [3.8, 4) is 5.69 Å². The van der Waals surface area contributed by atoms with Gasteiger partial charge in [0.25, 0.3) is 0 Å². The van der Waals surface area contributed by atoms with Gasteiger partial charge in [0.05, 0.1) is 11.6 Å². The first kappa shape index (κ1) is 16.2. The lowest BCUT2D eigenvalue weighted by atomic mass is 9.81. The molecule has 2 N–H and O–H groups in total. The van der Waals surface area contributed by atoms with Crippen LogP contribution in [0.2, 0.25) is 0 Å². The lowest BCUT2D eigenvalue weighted by Crippen LogP contribution is -2.30. The minimum Gasteiger partial charge on any atom is -0.481 e. The number of amides is 1. The molecule has 24 heavy (non-hydrogen) atoms. The Kier molecular flexibility index (Phi) is 4.59. The van der Waals surface area contributed by atoms with Crippen LogP contribution in [0.1, 0.15) is 31.5 Å². The van der Waals surface area contributed by atoms with E-state index in [2.05, 4.69) is 15.5 Å². The summed E-state index contributed by atoms with van der Waals surface area (Å²) in [7, 11) is 0. The van der Waals surface area contributed by atoms with Gasteiger partial charge in [-0.15, -0.1) is 10.2 Å². The van der Waals surface area contributed by atoms with Crippen molar-refractivity contribution in [3.05, 3.63) is 36.4 Å². The summed E-state index contributed by atoms with van der Waals surface area (Å²) in [5.41, 5.74) is 1.55. The molecule has 1 saturated carbocycles. The van der Waals surface area contributed by atoms with Gasteiger partial charge in [-0.1, -0.05) is 12.5 Å². The Labute approximate surface area is 139 Å². The van der Waals surface area contributed by atoms with E-state index in [0.29, 0.717) is 18.5 Å². The number of anilines is 1. The molecule has 0 radical (unpaired) electrons. The van der Waals surface area contributed by atoms with Crippen LogP contribution in [-0.2, 0) is 9.59 Å². The third-order valence-corrected chi connectivity index (χ3v) is 4.50. The quantitative estimate of drug-likeness (QED) is 0.898. The van der Waals surface area contributed by atoms with Crippen molar-refractivity contribution in [1.82, 2.24) is 14.8 Å². The van der Waals surface area contributed by atoms with Gasteiger partial charge in [-0.05, 0) is 44.4 Å². The average molecular weight is 328 g/mol. The van der Waals surface area contributed by atoms with Crippen molar-refractivity contribution in [2.24, 2.45) is 11.8 Å². The second kappa shape index (κ2) is 6.82. The van der Waals surface area contributed by atoms with Gasteiger partial charge in [-0.25, -0.2) is 0 Å². The molecule has 0 bridgehead atoms. The molecule has 7 heteroatoms. The maximum atomic E-state index is 12.5. The zero-order valence-corrected chi connectivity index (χ0v) is 13.5. The lowest BCUT2D eigenvalue weighted by molar-refractivity contribution is -0.143. The predicted octanol–water partition coefficient (Wildman–Crippen LogP) is 2.41. The van der Waals surface area contributed by atoms with E-state index < -0.39 is 11.9 Å². The van der Waals surface area contributed by atoms with E-state index in [-0.39, 0.29) is 11.8 Å². The number of nitrogens with one attached hydrogen (secondary N) is 1. The molecule has 0 aliphatic heterocycles. The normalized spacial score (nSPS) is 20.5. The summed E-state index contributed by atoms with van der Waals surface area (Å²) < 4.78 is 1.83. The Morgan fingerprint density at radius 3 is 2.79 bits per heavy atom. The van der Waals surface area contributed by atoms with Crippen LogP contribution < -0.4 is 5.32 Å². The van der Waals surface area contributed by atoms with Crippen LogP contribution in [0, 0.1) is 18.8 Å². The molecule has 0 saturated heterocycles. The molecule has 3 rings (SSSR count). The molecule has 1 aliphatic rings. The van der Waals surface area contributed by atoms with Crippen molar-refractivity contribution >= 4 is 17.6 Å². The number of rotatable bonds is 4. The van der Waals surface area contributed by atoms with Gasteiger partial charge in [0.15, 0.2) is 0 Å². The number of aryl methyl sites for hydroxylation is 1. The molecule has 1 amide bonds. The number of carbonyl (C=O) groups is 2. The van der Waals surface area contributed by atoms with E-state index in [1.807, 2.05) is 35.8 Å². The first-order chi connectivity index (χ1) is 11.5. The Hall–Kier alpha value is -2.70. The van der Waals surface area contributed by atoms with Gasteiger partial charge in [0, 0.05) is 11.6 Å². The van der Waals surface area contributed by atoms with Crippen molar-refractivity contribution in [3.63, 3.8) is 0 Å². The highest BCUT2D eigenvalue weighted by Crippen LogP contribution is 2.30.